The van der Waals surface area contributed by atoms with Crippen molar-refractivity contribution < 1.29 is 9.21 Å². The van der Waals surface area contributed by atoms with Crippen LogP contribution < -0.4 is 10.6 Å². The summed E-state index contributed by atoms with van der Waals surface area (Å²) in [5.74, 6) is 0.619. The molecule has 0 spiro atoms. The molecule has 156 valence electrons. The summed E-state index contributed by atoms with van der Waals surface area (Å²) in [6.07, 6.45) is 0. The van der Waals surface area contributed by atoms with Gasteiger partial charge in [0.05, 0.1) is 5.75 Å². The summed E-state index contributed by atoms with van der Waals surface area (Å²) in [5.41, 5.74) is 4.14. The van der Waals surface area contributed by atoms with E-state index in [2.05, 4.69) is 15.6 Å². The molecule has 2 N–H and O–H groups in total. The molecule has 0 unspecified atom stereocenters. The van der Waals surface area contributed by atoms with Gasteiger partial charge in [-0.15, -0.1) is 11.8 Å². The summed E-state index contributed by atoms with van der Waals surface area (Å²) in [6.45, 7) is 2.02. The Labute approximate surface area is 194 Å². The maximum atomic E-state index is 12.2. The molecule has 1 heterocycles. The van der Waals surface area contributed by atoms with E-state index in [4.69, 9.17) is 28.2 Å². The summed E-state index contributed by atoms with van der Waals surface area (Å²) in [7, 11) is 0. The predicted molar refractivity (Wildman–Crippen MR) is 131 cm³/mol. The molecule has 1 aromatic heterocycles. The molecule has 0 aliphatic carbocycles. The van der Waals surface area contributed by atoms with Gasteiger partial charge in [0.2, 0.25) is 11.8 Å². The second-order valence-electron chi connectivity index (χ2n) is 6.76. The summed E-state index contributed by atoms with van der Waals surface area (Å²) in [5, 5.41) is 6.60. The standard InChI is InChI=1S/C23H18ClN3O2S2/c1-14-4-2-3-5-18(14)22-26-19-12-16(8-11-20(19)29-22)25-23(30)27-21(28)13-31-17-9-6-15(24)7-10-17/h2-12H,13H2,1H3,(H2,25,27,28,30). The number of rotatable bonds is 5. The van der Waals surface area contributed by atoms with Crippen LogP contribution in [0.25, 0.3) is 22.6 Å². The SMILES string of the molecule is Cc1ccccc1-c1nc2cc(NC(=S)NC(=O)CSc3ccc(Cl)cc3)ccc2o1. The molecule has 8 heteroatoms. The van der Waals surface area contributed by atoms with Crippen LogP contribution in [0.15, 0.2) is 76.0 Å². The van der Waals surface area contributed by atoms with E-state index in [1.165, 1.54) is 11.8 Å². The minimum absolute atomic E-state index is 0.193. The number of anilines is 1. The zero-order valence-corrected chi connectivity index (χ0v) is 18.9. The zero-order chi connectivity index (χ0) is 21.8. The predicted octanol–water partition coefficient (Wildman–Crippen LogP) is 6.06. The monoisotopic (exact) mass is 467 g/mol. The first-order valence-electron chi connectivity index (χ1n) is 9.44. The topological polar surface area (TPSA) is 67.2 Å². The van der Waals surface area contributed by atoms with Gasteiger partial charge in [-0.3, -0.25) is 4.79 Å². The van der Waals surface area contributed by atoms with Gasteiger partial charge >= 0.3 is 0 Å². The Bertz CT molecular complexity index is 1260. The fraction of sp³-hybridized carbons (Fsp3) is 0.0870. The molecule has 0 bridgehead atoms. The van der Waals surface area contributed by atoms with Gasteiger partial charge in [-0.2, -0.15) is 0 Å². The molecular formula is C23H18ClN3O2S2. The third-order valence-electron chi connectivity index (χ3n) is 4.46. The van der Waals surface area contributed by atoms with Crippen molar-refractivity contribution in [3.63, 3.8) is 0 Å². The van der Waals surface area contributed by atoms with Crippen LogP contribution in [0.2, 0.25) is 5.02 Å². The molecule has 1 amide bonds. The molecule has 0 aliphatic heterocycles. The van der Waals surface area contributed by atoms with Gasteiger partial charge in [-0.25, -0.2) is 4.98 Å². The lowest BCUT2D eigenvalue weighted by atomic mass is 10.1. The van der Waals surface area contributed by atoms with E-state index in [1.807, 2.05) is 61.5 Å². The average Bonchev–Trinajstić information content (AvgIpc) is 3.16. The molecule has 4 aromatic rings. The highest BCUT2D eigenvalue weighted by Gasteiger charge is 2.12. The quantitative estimate of drug-likeness (QED) is 0.274. The van der Waals surface area contributed by atoms with Crippen LogP contribution in [-0.2, 0) is 4.79 Å². The van der Waals surface area contributed by atoms with Gasteiger partial charge in [0, 0.05) is 21.2 Å². The molecular weight excluding hydrogens is 450 g/mol. The first-order valence-corrected chi connectivity index (χ1v) is 11.2. The number of aromatic nitrogens is 1. The average molecular weight is 468 g/mol. The van der Waals surface area contributed by atoms with E-state index >= 15 is 0 Å². The summed E-state index contributed by atoms with van der Waals surface area (Å²) in [4.78, 5) is 17.7. The first-order chi connectivity index (χ1) is 15.0. The fourth-order valence-electron chi connectivity index (χ4n) is 2.94. The van der Waals surface area contributed by atoms with Crippen LogP contribution >= 0.6 is 35.6 Å². The smallest absolute Gasteiger partial charge is 0.236 e. The van der Waals surface area contributed by atoms with Crippen LogP contribution in [0, 0.1) is 6.92 Å². The lowest BCUT2D eigenvalue weighted by molar-refractivity contribution is -0.117. The molecule has 0 fully saturated rings. The van der Waals surface area contributed by atoms with Crippen molar-refractivity contribution in [2.24, 2.45) is 0 Å². The Morgan fingerprint density at radius 1 is 1.13 bits per heavy atom. The number of carbonyl (C=O) groups excluding carboxylic acids is 1. The lowest BCUT2D eigenvalue weighted by Crippen LogP contribution is -2.35. The molecule has 0 saturated heterocycles. The molecule has 0 atom stereocenters. The van der Waals surface area contributed by atoms with Gasteiger partial charge in [-0.1, -0.05) is 29.8 Å². The Morgan fingerprint density at radius 2 is 1.90 bits per heavy atom. The van der Waals surface area contributed by atoms with Crippen LogP contribution in [-0.4, -0.2) is 21.8 Å². The minimum Gasteiger partial charge on any atom is -0.436 e. The van der Waals surface area contributed by atoms with E-state index < -0.39 is 0 Å². The van der Waals surface area contributed by atoms with Crippen LogP contribution in [0.1, 0.15) is 5.56 Å². The Hall–Kier alpha value is -2.87. The number of fused-ring (bicyclic) bond motifs is 1. The van der Waals surface area contributed by atoms with Crippen molar-refractivity contribution in [3.8, 4) is 11.5 Å². The number of halogens is 1. The highest BCUT2D eigenvalue weighted by molar-refractivity contribution is 8.00. The normalized spacial score (nSPS) is 10.8. The Balaban J connectivity index is 1.37. The number of hydrogen-bond donors (Lipinski definition) is 2. The third-order valence-corrected chi connectivity index (χ3v) is 5.93. The van der Waals surface area contributed by atoms with Crippen LogP contribution in [0.5, 0.6) is 0 Å². The summed E-state index contributed by atoms with van der Waals surface area (Å²) >= 11 is 12.5. The lowest BCUT2D eigenvalue weighted by Gasteiger charge is -2.09. The van der Waals surface area contributed by atoms with Crippen molar-refractivity contribution in [2.45, 2.75) is 11.8 Å². The number of aryl methyl sites for hydroxylation is 1. The maximum Gasteiger partial charge on any atom is 0.236 e. The van der Waals surface area contributed by atoms with Crippen molar-refractivity contribution in [1.82, 2.24) is 10.3 Å². The maximum absolute atomic E-state index is 12.2. The molecule has 5 nitrogen and oxygen atoms in total. The number of nitrogens with one attached hydrogen (secondary N) is 2. The molecule has 31 heavy (non-hydrogen) atoms. The van der Waals surface area contributed by atoms with E-state index in [1.54, 1.807) is 12.1 Å². The van der Waals surface area contributed by atoms with Gasteiger partial charge in [0.15, 0.2) is 10.7 Å². The Kier molecular flexibility index (Phi) is 6.56. The fourth-order valence-corrected chi connectivity index (χ4v) is 3.99. The van der Waals surface area contributed by atoms with Gasteiger partial charge in [-0.05, 0) is 73.2 Å². The van der Waals surface area contributed by atoms with Crippen molar-refractivity contribution in [2.75, 3.05) is 11.1 Å². The van der Waals surface area contributed by atoms with Crippen LogP contribution in [0.4, 0.5) is 5.69 Å². The second-order valence-corrected chi connectivity index (χ2v) is 8.65. The van der Waals surface area contributed by atoms with Crippen LogP contribution in [0.3, 0.4) is 0 Å². The number of carbonyl (C=O) groups is 1. The number of thiocarbonyl (C=S) groups is 1. The number of benzene rings is 3. The van der Waals surface area contributed by atoms with Gasteiger partial charge in [0.25, 0.3) is 0 Å². The largest absolute Gasteiger partial charge is 0.436 e. The number of thioether (sulfide) groups is 1. The highest BCUT2D eigenvalue weighted by atomic mass is 35.5. The minimum atomic E-state index is -0.193. The second kappa shape index (κ2) is 9.51. The summed E-state index contributed by atoms with van der Waals surface area (Å²) in [6, 6.07) is 20.7. The van der Waals surface area contributed by atoms with E-state index in [9.17, 15) is 4.79 Å². The Morgan fingerprint density at radius 3 is 2.68 bits per heavy atom. The molecule has 0 saturated carbocycles. The van der Waals surface area contributed by atoms with Gasteiger partial charge in [0.1, 0.15) is 5.52 Å². The molecule has 0 aliphatic rings. The number of amides is 1. The third kappa shape index (κ3) is 5.44. The summed E-state index contributed by atoms with van der Waals surface area (Å²) < 4.78 is 5.89. The first kappa shape index (κ1) is 21.4. The van der Waals surface area contributed by atoms with Gasteiger partial charge < -0.3 is 15.1 Å². The number of nitrogens with zero attached hydrogens (tertiary/aromatic N) is 1. The molecule has 4 rings (SSSR count). The molecule has 0 radical (unpaired) electrons. The van der Waals surface area contributed by atoms with Crippen molar-refractivity contribution in [1.29, 1.82) is 0 Å². The zero-order valence-electron chi connectivity index (χ0n) is 16.5. The van der Waals surface area contributed by atoms with Crippen molar-refractivity contribution >= 4 is 63.4 Å². The van der Waals surface area contributed by atoms with E-state index in [0.29, 0.717) is 27.7 Å². The van der Waals surface area contributed by atoms with E-state index in [-0.39, 0.29) is 16.8 Å². The molecule has 3 aromatic carbocycles. The van der Waals surface area contributed by atoms with Crippen molar-refractivity contribution in [3.05, 3.63) is 77.3 Å². The number of hydrogen-bond acceptors (Lipinski definition) is 5. The highest BCUT2D eigenvalue weighted by Crippen LogP contribution is 2.28. The van der Waals surface area contributed by atoms with E-state index in [0.717, 1.165) is 16.0 Å². The number of oxazole rings is 1.